The molecular formula is C17H19N5O2S. The number of amides is 1. The maximum atomic E-state index is 12.2. The summed E-state index contributed by atoms with van der Waals surface area (Å²) in [6, 6.07) is 7.70. The third kappa shape index (κ3) is 3.85. The average Bonchev–Trinajstić information content (AvgIpc) is 3.10. The zero-order chi connectivity index (χ0) is 18.0. The smallest absolute Gasteiger partial charge is 0.234 e. The van der Waals surface area contributed by atoms with Gasteiger partial charge >= 0.3 is 0 Å². The van der Waals surface area contributed by atoms with Crippen LogP contribution in [-0.4, -0.2) is 26.5 Å². The summed E-state index contributed by atoms with van der Waals surface area (Å²) < 4.78 is 6.63. The molecule has 0 aliphatic heterocycles. The van der Waals surface area contributed by atoms with E-state index in [2.05, 4.69) is 21.6 Å². The first kappa shape index (κ1) is 17.1. The molecule has 0 spiro atoms. The van der Waals surface area contributed by atoms with Crippen LogP contribution in [0.5, 0.6) is 0 Å². The lowest BCUT2D eigenvalue weighted by Gasteiger charge is -2.07. The number of nitrogens with one attached hydrogen (secondary N) is 1. The Bertz CT molecular complexity index is 895. The van der Waals surface area contributed by atoms with Crippen molar-refractivity contribution < 1.29 is 9.21 Å². The summed E-state index contributed by atoms with van der Waals surface area (Å²) in [6.07, 6.45) is 1.57. The molecule has 3 N–H and O–H groups in total. The van der Waals surface area contributed by atoms with Gasteiger partial charge in [0, 0.05) is 5.69 Å². The van der Waals surface area contributed by atoms with Crippen molar-refractivity contribution in [2.45, 2.75) is 25.9 Å². The van der Waals surface area contributed by atoms with Gasteiger partial charge in [0.05, 0.1) is 17.6 Å². The number of benzene rings is 1. The number of hydrogen-bond acceptors (Lipinski definition) is 6. The molecule has 0 bridgehead atoms. The molecule has 0 aliphatic rings. The molecule has 8 heteroatoms. The molecule has 2 aromatic heterocycles. The van der Waals surface area contributed by atoms with Crippen molar-refractivity contribution in [3.8, 4) is 11.4 Å². The minimum absolute atomic E-state index is 0.126. The molecular weight excluding hydrogens is 338 g/mol. The third-order valence-electron chi connectivity index (χ3n) is 3.60. The Morgan fingerprint density at radius 1 is 1.24 bits per heavy atom. The molecule has 2 heterocycles. The van der Waals surface area contributed by atoms with Gasteiger partial charge in [0.2, 0.25) is 11.1 Å². The largest absolute Gasteiger partial charge is 0.469 e. The molecule has 0 saturated heterocycles. The summed E-state index contributed by atoms with van der Waals surface area (Å²) in [7, 11) is 0. The summed E-state index contributed by atoms with van der Waals surface area (Å²) >= 11 is 1.23. The number of anilines is 1. The number of rotatable bonds is 5. The van der Waals surface area contributed by atoms with E-state index >= 15 is 0 Å². The Morgan fingerprint density at radius 3 is 2.60 bits per heavy atom. The second-order valence-electron chi connectivity index (χ2n) is 5.78. The van der Waals surface area contributed by atoms with Crippen molar-refractivity contribution in [1.29, 1.82) is 0 Å². The molecule has 0 fully saturated rings. The summed E-state index contributed by atoms with van der Waals surface area (Å²) in [4.78, 5) is 12.2. The molecule has 3 aromatic rings. The lowest BCUT2D eigenvalue weighted by molar-refractivity contribution is -0.113. The monoisotopic (exact) mass is 357 g/mol. The highest BCUT2D eigenvalue weighted by atomic mass is 32.2. The summed E-state index contributed by atoms with van der Waals surface area (Å²) in [6.45, 7) is 5.81. The number of thioether (sulfide) groups is 1. The van der Waals surface area contributed by atoms with Crippen LogP contribution < -0.4 is 11.2 Å². The van der Waals surface area contributed by atoms with E-state index < -0.39 is 0 Å². The van der Waals surface area contributed by atoms with Crippen LogP contribution in [0.3, 0.4) is 0 Å². The van der Waals surface area contributed by atoms with Gasteiger partial charge in [-0.1, -0.05) is 17.8 Å². The van der Waals surface area contributed by atoms with Crippen LogP contribution >= 0.6 is 11.8 Å². The Hall–Kier alpha value is -2.74. The number of hydrogen-bond donors (Lipinski definition) is 2. The van der Waals surface area contributed by atoms with Gasteiger partial charge in [-0.25, -0.2) is 4.68 Å². The summed E-state index contributed by atoms with van der Waals surface area (Å²) in [5.74, 6) is 7.32. The maximum Gasteiger partial charge on any atom is 0.234 e. The van der Waals surface area contributed by atoms with Gasteiger partial charge in [0.25, 0.3) is 0 Å². The van der Waals surface area contributed by atoms with Crippen LogP contribution in [0.4, 0.5) is 5.69 Å². The average molecular weight is 357 g/mol. The van der Waals surface area contributed by atoms with Crippen LogP contribution in [-0.2, 0) is 4.79 Å². The van der Waals surface area contributed by atoms with E-state index in [0.29, 0.717) is 16.7 Å². The number of nitrogen functional groups attached to an aromatic ring is 1. The van der Waals surface area contributed by atoms with E-state index in [1.54, 1.807) is 12.3 Å². The number of aromatic nitrogens is 3. The first-order chi connectivity index (χ1) is 11.9. The Morgan fingerprint density at radius 2 is 1.96 bits per heavy atom. The SMILES string of the molecule is Cc1cc(C)cc(NC(=O)CSc2nnc(-c3ccoc3C)n2N)c1. The molecule has 130 valence electrons. The van der Waals surface area contributed by atoms with Crippen molar-refractivity contribution in [1.82, 2.24) is 14.9 Å². The number of carbonyl (C=O) groups is 1. The van der Waals surface area contributed by atoms with Crippen LogP contribution in [0.2, 0.25) is 0 Å². The van der Waals surface area contributed by atoms with Gasteiger partial charge in [0.1, 0.15) is 5.76 Å². The van der Waals surface area contributed by atoms with Gasteiger partial charge in [-0.3, -0.25) is 4.79 Å². The molecule has 0 radical (unpaired) electrons. The molecule has 25 heavy (non-hydrogen) atoms. The van der Waals surface area contributed by atoms with Gasteiger partial charge in [-0.2, -0.15) is 0 Å². The predicted molar refractivity (Wildman–Crippen MR) is 97.9 cm³/mol. The Balaban J connectivity index is 1.65. The van der Waals surface area contributed by atoms with E-state index in [1.807, 2.05) is 32.9 Å². The van der Waals surface area contributed by atoms with Crippen molar-refractivity contribution in [3.05, 3.63) is 47.4 Å². The van der Waals surface area contributed by atoms with E-state index in [9.17, 15) is 4.79 Å². The number of nitrogens with two attached hydrogens (primary N) is 1. The summed E-state index contributed by atoms with van der Waals surface area (Å²) in [5.41, 5.74) is 3.77. The molecule has 0 saturated carbocycles. The van der Waals surface area contributed by atoms with Gasteiger partial charge in [-0.05, 0) is 50.1 Å². The second kappa shape index (κ2) is 7.02. The van der Waals surface area contributed by atoms with Crippen LogP contribution in [0.1, 0.15) is 16.9 Å². The van der Waals surface area contributed by atoms with Crippen molar-refractivity contribution >= 4 is 23.4 Å². The fourth-order valence-electron chi connectivity index (χ4n) is 2.55. The van der Waals surface area contributed by atoms with Crippen LogP contribution in [0.25, 0.3) is 11.4 Å². The van der Waals surface area contributed by atoms with E-state index in [4.69, 9.17) is 10.3 Å². The fourth-order valence-corrected chi connectivity index (χ4v) is 3.21. The Kier molecular flexibility index (Phi) is 4.80. The van der Waals surface area contributed by atoms with Crippen molar-refractivity contribution in [2.24, 2.45) is 0 Å². The molecule has 0 atom stereocenters. The highest BCUT2D eigenvalue weighted by Gasteiger charge is 2.16. The molecule has 3 rings (SSSR count). The topological polar surface area (TPSA) is 99.0 Å². The summed E-state index contributed by atoms with van der Waals surface area (Å²) in [5, 5.41) is 11.5. The fraction of sp³-hybridized carbons (Fsp3) is 0.235. The minimum Gasteiger partial charge on any atom is -0.469 e. The standard InChI is InChI=1S/C17H19N5O2S/c1-10-6-11(2)8-13(7-10)19-15(23)9-25-17-21-20-16(22(17)18)14-4-5-24-12(14)3/h4-8H,9,18H2,1-3H3,(H,19,23). The first-order valence-electron chi connectivity index (χ1n) is 7.70. The first-order valence-corrected chi connectivity index (χ1v) is 8.68. The van der Waals surface area contributed by atoms with Crippen molar-refractivity contribution in [2.75, 3.05) is 16.9 Å². The van der Waals surface area contributed by atoms with Crippen LogP contribution in [0, 0.1) is 20.8 Å². The lowest BCUT2D eigenvalue weighted by atomic mass is 10.1. The Labute approximate surface area is 149 Å². The molecule has 1 aromatic carbocycles. The second-order valence-corrected chi connectivity index (χ2v) is 6.72. The minimum atomic E-state index is -0.126. The quantitative estimate of drug-likeness (QED) is 0.538. The molecule has 7 nitrogen and oxygen atoms in total. The third-order valence-corrected chi connectivity index (χ3v) is 4.55. The number of nitrogens with zero attached hydrogens (tertiary/aromatic N) is 3. The van der Waals surface area contributed by atoms with Gasteiger partial charge in [-0.15, -0.1) is 10.2 Å². The zero-order valence-electron chi connectivity index (χ0n) is 14.2. The van der Waals surface area contributed by atoms with Gasteiger partial charge in [0.15, 0.2) is 5.82 Å². The van der Waals surface area contributed by atoms with E-state index in [-0.39, 0.29) is 11.7 Å². The zero-order valence-corrected chi connectivity index (χ0v) is 15.1. The normalized spacial score (nSPS) is 10.8. The maximum absolute atomic E-state index is 12.2. The number of carbonyl (C=O) groups excluding carboxylic acids is 1. The van der Waals surface area contributed by atoms with Gasteiger partial charge < -0.3 is 15.6 Å². The highest BCUT2D eigenvalue weighted by molar-refractivity contribution is 7.99. The highest BCUT2D eigenvalue weighted by Crippen LogP contribution is 2.25. The molecule has 1 amide bonds. The van der Waals surface area contributed by atoms with E-state index in [1.165, 1.54) is 16.4 Å². The predicted octanol–water partition coefficient (Wildman–Crippen LogP) is 2.91. The molecule has 0 unspecified atom stereocenters. The van der Waals surface area contributed by atoms with E-state index in [0.717, 1.165) is 22.4 Å². The van der Waals surface area contributed by atoms with Crippen molar-refractivity contribution in [3.63, 3.8) is 0 Å². The molecule has 0 aliphatic carbocycles. The lowest BCUT2D eigenvalue weighted by Crippen LogP contribution is -2.16. The number of furan rings is 1. The number of aryl methyl sites for hydroxylation is 3. The van der Waals surface area contributed by atoms with Crippen LogP contribution in [0.15, 0.2) is 40.1 Å².